The van der Waals surface area contributed by atoms with Crippen molar-refractivity contribution in [3.8, 4) is 0 Å². The molecule has 20 heavy (non-hydrogen) atoms. The van der Waals surface area contributed by atoms with Crippen LogP contribution in [0.3, 0.4) is 0 Å². The molecule has 0 bridgehead atoms. The highest BCUT2D eigenvalue weighted by Gasteiger charge is 2.16. The summed E-state index contributed by atoms with van der Waals surface area (Å²) in [5.41, 5.74) is 6.65. The second kappa shape index (κ2) is 7.29. The lowest BCUT2D eigenvalue weighted by atomic mass is 10.1. The molecule has 0 amide bonds. The van der Waals surface area contributed by atoms with Crippen molar-refractivity contribution in [1.82, 2.24) is 4.72 Å². The van der Waals surface area contributed by atoms with Crippen LogP contribution in [0.2, 0.25) is 5.02 Å². The third-order valence-electron chi connectivity index (χ3n) is 3.07. The zero-order valence-corrected chi connectivity index (χ0v) is 13.8. The first kappa shape index (κ1) is 17.3. The number of nitrogens with two attached hydrogens (primary N) is 1. The quantitative estimate of drug-likeness (QED) is 0.598. The maximum Gasteiger partial charge on any atom is 0.240 e. The Labute approximate surface area is 126 Å². The molecule has 0 unspecified atom stereocenters. The second-order valence-electron chi connectivity index (χ2n) is 5.43. The smallest absolute Gasteiger partial charge is 0.240 e. The molecular weight excluding hydrogens is 296 g/mol. The van der Waals surface area contributed by atoms with Crippen molar-refractivity contribution in [3.05, 3.63) is 22.7 Å². The van der Waals surface area contributed by atoms with Crippen molar-refractivity contribution in [2.75, 3.05) is 12.3 Å². The molecular formula is C14H23ClN2O2S. The van der Waals surface area contributed by atoms with Crippen LogP contribution in [-0.2, 0) is 10.0 Å². The number of unbranched alkanes of at least 4 members (excludes halogenated alkanes) is 1. The van der Waals surface area contributed by atoms with Gasteiger partial charge in [-0.3, -0.25) is 0 Å². The Bertz CT molecular complexity index is 533. The van der Waals surface area contributed by atoms with Crippen LogP contribution in [0.15, 0.2) is 17.0 Å². The van der Waals surface area contributed by atoms with Crippen LogP contribution in [0, 0.1) is 12.8 Å². The van der Waals surface area contributed by atoms with Gasteiger partial charge in [-0.1, -0.05) is 38.3 Å². The fourth-order valence-electron chi connectivity index (χ4n) is 1.89. The molecule has 0 saturated carbocycles. The van der Waals surface area contributed by atoms with Gasteiger partial charge < -0.3 is 5.73 Å². The third-order valence-corrected chi connectivity index (χ3v) is 5.02. The van der Waals surface area contributed by atoms with Crippen LogP contribution in [0.25, 0.3) is 0 Å². The van der Waals surface area contributed by atoms with E-state index < -0.39 is 10.0 Å². The molecule has 1 aromatic carbocycles. The van der Waals surface area contributed by atoms with Gasteiger partial charge in [0.05, 0.1) is 15.6 Å². The molecule has 3 N–H and O–H groups in total. The van der Waals surface area contributed by atoms with E-state index in [1.165, 1.54) is 12.1 Å². The van der Waals surface area contributed by atoms with Gasteiger partial charge in [0.15, 0.2) is 0 Å². The van der Waals surface area contributed by atoms with Crippen molar-refractivity contribution in [2.24, 2.45) is 5.92 Å². The van der Waals surface area contributed by atoms with Gasteiger partial charge in [0, 0.05) is 6.54 Å². The van der Waals surface area contributed by atoms with Crippen molar-refractivity contribution < 1.29 is 8.42 Å². The summed E-state index contributed by atoms with van der Waals surface area (Å²) in [4.78, 5) is 0.167. The number of benzene rings is 1. The lowest BCUT2D eigenvalue weighted by Gasteiger charge is -2.10. The summed E-state index contributed by atoms with van der Waals surface area (Å²) in [6.07, 6.45) is 2.95. The van der Waals surface area contributed by atoms with Crippen molar-refractivity contribution >= 4 is 27.3 Å². The summed E-state index contributed by atoms with van der Waals surface area (Å²) in [5, 5.41) is 0.404. The molecule has 0 aliphatic rings. The van der Waals surface area contributed by atoms with Crippen molar-refractivity contribution in [1.29, 1.82) is 0 Å². The molecule has 4 nitrogen and oxygen atoms in total. The van der Waals surface area contributed by atoms with Gasteiger partial charge in [-0.25, -0.2) is 13.1 Å². The Balaban J connectivity index is 2.65. The first-order valence-electron chi connectivity index (χ1n) is 6.79. The number of sulfonamides is 1. The van der Waals surface area contributed by atoms with Gasteiger partial charge >= 0.3 is 0 Å². The van der Waals surface area contributed by atoms with Gasteiger partial charge in [0.1, 0.15) is 0 Å². The summed E-state index contributed by atoms with van der Waals surface area (Å²) >= 11 is 5.93. The summed E-state index contributed by atoms with van der Waals surface area (Å²) in [5.74, 6) is 0.644. The molecule has 0 atom stereocenters. The molecule has 6 heteroatoms. The topological polar surface area (TPSA) is 72.2 Å². The fourth-order valence-corrected chi connectivity index (χ4v) is 3.19. The first-order chi connectivity index (χ1) is 9.24. The number of nitrogen functional groups attached to an aromatic ring is 1. The fraction of sp³-hybridized carbons (Fsp3) is 0.571. The Hall–Kier alpha value is -0.780. The molecule has 0 aliphatic carbocycles. The Morgan fingerprint density at radius 3 is 2.50 bits per heavy atom. The predicted molar refractivity (Wildman–Crippen MR) is 84.5 cm³/mol. The minimum atomic E-state index is -3.51. The van der Waals surface area contributed by atoms with E-state index in [0.29, 0.717) is 23.0 Å². The lowest BCUT2D eigenvalue weighted by molar-refractivity contribution is 0.530. The normalized spacial score (nSPS) is 12.1. The van der Waals surface area contributed by atoms with Crippen molar-refractivity contribution in [2.45, 2.75) is 44.9 Å². The van der Waals surface area contributed by atoms with E-state index in [0.717, 1.165) is 19.3 Å². The number of nitrogens with one attached hydrogen (secondary N) is 1. The molecule has 0 aromatic heterocycles. The van der Waals surface area contributed by atoms with Crippen LogP contribution in [0.1, 0.15) is 38.7 Å². The number of hydrogen-bond donors (Lipinski definition) is 2. The monoisotopic (exact) mass is 318 g/mol. The van der Waals surface area contributed by atoms with Gasteiger partial charge in [-0.05, 0) is 37.0 Å². The summed E-state index contributed by atoms with van der Waals surface area (Å²) in [7, 11) is -3.51. The minimum Gasteiger partial charge on any atom is -0.397 e. The number of hydrogen-bond acceptors (Lipinski definition) is 3. The number of rotatable bonds is 7. The average molecular weight is 319 g/mol. The lowest BCUT2D eigenvalue weighted by Crippen LogP contribution is -2.25. The van der Waals surface area contributed by atoms with Crippen LogP contribution in [-0.4, -0.2) is 15.0 Å². The van der Waals surface area contributed by atoms with E-state index in [2.05, 4.69) is 18.6 Å². The van der Waals surface area contributed by atoms with Crippen LogP contribution in [0.4, 0.5) is 5.69 Å². The molecule has 0 aliphatic heterocycles. The Kier molecular flexibility index (Phi) is 6.30. The summed E-state index contributed by atoms with van der Waals surface area (Å²) < 4.78 is 26.9. The largest absolute Gasteiger partial charge is 0.397 e. The van der Waals surface area contributed by atoms with E-state index >= 15 is 0 Å². The van der Waals surface area contributed by atoms with Crippen LogP contribution < -0.4 is 10.5 Å². The van der Waals surface area contributed by atoms with Crippen molar-refractivity contribution in [3.63, 3.8) is 0 Å². The predicted octanol–water partition coefficient (Wildman–Crippen LogP) is 3.34. The SMILES string of the molecule is Cc1cc(S(=O)(=O)NCCCCC(C)C)cc(N)c1Cl. The number of halogens is 1. The van der Waals surface area contributed by atoms with Gasteiger partial charge in [0.2, 0.25) is 10.0 Å². The minimum absolute atomic E-state index is 0.167. The molecule has 0 heterocycles. The first-order valence-corrected chi connectivity index (χ1v) is 8.65. The van der Waals surface area contributed by atoms with E-state index in [-0.39, 0.29) is 10.6 Å². The second-order valence-corrected chi connectivity index (χ2v) is 7.58. The highest BCUT2D eigenvalue weighted by atomic mass is 35.5. The molecule has 0 radical (unpaired) electrons. The van der Waals surface area contributed by atoms with Gasteiger partial charge in [0.25, 0.3) is 0 Å². The zero-order chi connectivity index (χ0) is 15.3. The molecule has 114 valence electrons. The summed E-state index contributed by atoms with van der Waals surface area (Å²) in [6, 6.07) is 2.93. The van der Waals surface area contributed by atoms with E-state index in [4.69, 9.17) is 17.3 Å². The zero-order valence-electron chi connectivity index (χ0n) is 12.2. The average Bonchev–Trinajstić information content (AvgIpc) is 2.34. The highest BCUT2D eigenvalue weighted by Crippen LogP contribution is 2.26. The maximum absolute atomic E-state index is 12.1. The molecule has 0 saturated heterocycles. The van der Waals surface area contributed by atoms with Gasteiger partial charge in [-0.15, -0.1) is 0 Å². The van der Waals surface area contributed by atoms with Crippen LogP contribution >= 0.6 is 11.6 Å². The van der Waals surface area contributed by atoms with Gasteiger partial charge in [-0.2, -0.15) is 0 Å². The number of anilines is 1. The molecule has 1 aromatic rings. The Morgan fingerprint density at radius 1 is 1.30 bits per heavy atom. The maximum atomic E-state index is 12.1. The van der Waals surface area contributed by atoms with E-state index in [1.54, 1.807) is 6.92 Å². The van der Waals surface area contributed by atoms with E-state index in [1.807, 2.05) is 0 Å². The molecule has 1 rings (SSSR count). The molecule has 0 spiro atoms. The number of aryl methyl sites for hydroxylation is 1. The molecule has 0 fully saturated rings. The van der Waals surface area contributed by atoms with E-state index in [9.17, 15) is 8.42 Å². The highest BCUT2D eigenvalue weighted by molar-refractivity contribution is 7.89. The third kappa shape index (κ3) is 4.96. The standard InChI is InChI=1S/C14H23ClN2O2S/c1-10(2)6-4-5-7-17-20(18,19)12-8-11(3)14(15)13(16)9-12/h8-10,17H,4-7,16H2,1-3H3. The Morgan fingerprint density at radius 2 is 1.95 bits per heavy atom. The summed E-state index contributed by atoms with van der Waals surface area (Å²) in [6.45, 7) is 6.49. The van der Waals surface area contributed by atoms with Crippen LogP contribution in [0.5, 0.6) is 0 Å².